The van der Waals surface area contributed by atoms with Crippen molar-refractivity contribution in [3.8, 4) is 0 Å². The molecule has 0 saturated carbocycles. The highest BCUT2D eigenvalue weighted by atomic mass is 32.2. The van der Waals surface area contributed by atoms with E-state index in [1.54, 1.807) is 16.7 Å². The Morgan fingerprint density at radius 2 is 2.16 bits per heavy atom. The maximum Gasteiger partial charge on any atom is 0.323 e. The smallest absolute Gasteiger partial charge is 0.323 e. The molecule has 3 heterocycles. The normalized spacial score (nSPS) is 17.1. The molecule has 2 aromatic heterocycles. The summed E-state index contributed by atoms with van der Waals surface area (Å²) in [7, 11) is 1.31. The van der Waals surface area contributed by atoms with Crippen LogP contribution in [0, 0.1) is 12.7 Å². The number of ether oxygens (including phenoxy) is 2. The van der Waals surface area contributed by atoms with Crippen molar-refractivity contribution in [2.45, 2.75) is 56.2 Å². The molecule has 0 unspecified atom stereocenters. The first-order valence-corrected chi connectivity index (χ1v) is 12.3. The number of carbonyl (C=O) groups excluding carboxylic acids is 1. The molecule has 170 valence electrons. The minimum atomic E-state index is -0.785. The Hall–Kier alpha value is -2.23. The van der Waals surface area contributed by atoms with Crippen molar-refractivity contribution in [3.05, 3.63) is 56.4 Å². The number of aryl methyl sites for hydroxylation is 2. The zero-order valence-corrected chi connectivity index (χ0v) is 19.9. The summed E-state index contributed by atoms with van der Waals surface area (Å²) in [6, 6.07) is 5.71. The standard InChI is InChI=1S/C23H25FN2O4S2/c1-4-17-13(2)31-20-18(17)21(27)26(12-16-6-5-11-30-16)23(25-20)32-19(22(28)29-3)14-7-9-15(24)10-8-14/h7-10,16,19H,4-6,11-12H2,1-3H3/t16-,19+/m0/s1. The average Bonchev–Trinajstić information content (AvgIpc) is 3.41. The lowest BCUT2D eigenvalue weighted by atomic mass is 10.1. The van der Waals surface area contributed by atoms with E-state index in [1.165, 1.54) is 30.6 Å². The third-order valence-electron chi connectivity index (χ3n) is 5.65. The van der Waals surface area contributed by atoms with E-state index in [0.29, 0.717) is 34.1 Å². The fourth-order valence-corrected chi connectivity index (χ4v) is 6.29. The Morgan fingerprint density at radius 1 is 1.41 bits per heavy atom. The molecular formula is C23H25FN2O4S2. The first kappa shape index (κ1) is 22.9. The van der Waals surface area contributed by atoms with Crippen LogP contribution in [0.3, 0.4) is 0 Å². The maximum absolute atomic E-state index is 13.6. The van der Waals surface area contributed by atoms with Crippen LogP contribution in [0.2, 0.25) is 0 Å². The molecule has 4 rings (SSSR count). The minimum Gasteiger partial charge on any atom is -0.468 e. The van der Waals surface area contributed by atoms with E-state index < -0.39 is 17.0 Å². The zero-order chi connectivity index (χ0) is 22.8. The van der Waals surface area contributed by atoms with Crippen LogP contribution in [0.1, 0.15) is 41.0 Å². The molecular weight excluding hydrogens is 451 g/mol. The number of esters is 1. The monoisotopic (exact) mass is 476 g/mol. The third kappa shape index (κ3) is 4.46. The van der Waals surface area contributed by atoms with Gasteiger partial charge in [-0.2, -0.15) is 0 Å². The van der Waals surface area contributed by atoms with Crippen molar-refractivity contribution in [1.82, 2.24) is 9.55 Å². The molecule has 1 aromatic carbocycles. The SMILES string of the molecule is CCc1c(C)sc2nc(S[C@@H](C(=O)OC)c3ccc(F)cc3)n(C[C@@H]3CCCO3)c(=O)c12. The lowest BCUT2D eigenvalue weighted by Gasteiger charge is -2.19. The van der Waals surface area contributed by atoms with Gasteiger partial charge in [-0.05, 0) is 49.4 Å². The summed E-state index contributed by atoms with van der Waals surface area (Å²) in [5.41, 5.74) is 1.48. The van der Waals surface area contributed by atoms with Gasteiger partial charge in [-0.25, -0.2) is 9.37 Å². The number of benzene rings is 1. The molecule has 3 aromatic rings. The van der Waals surface area contributed by atoms with Crippen LogP contribution >= 0.6 is 23.1 Å². The highest BCUT2D eigenvalue weighted by molar-refractivity contribution is 8.00. The van der Waals surface area contributed by atoms with Gasteiger partial charge in [0.1, 0.15) is 15.9 Å². The lowest BCUT2D eigenvalue weighted by molar-refractivity contribution is -0.140. The number of carbonyl (C=O) groups is 1. The number of methoxy groups -OCH3 is 1. The number of hydrogen-bond donors (Lipinski definition) is 0. The Morgan fingerprint density at radius 3 is 2.78 bits per heavy atom. The fraction of sp³-hybridized carbons (Fsp3) is 0.435. The molecule has 0 amide bonds. The number of thioether (sulfide) groups is 1. The van der Waals surface area contributed by atoms with Crippen LogP contribution < -0.4 is 5.56 Å². The first-order valence-electron chi connectivity index (χ1n) is 10.6. The third-order valence-corrected chi connectivity index (χ3v) is 7.92. The van der Waals surface area contributed by atoms with E-state index in [-0.39, 0.29) is 11.7 Å². The van der Waals surface area contributed by atoms with Gasteiger partial charge >= 0.3 is 5.97 Å². The van der Waals surface area contributed by atoms with Crippen LogP contribution in [-0.2, 0) is 27.2 Å². The average molecular weight is 477 g/mol. The summed E-state index contributed by atoms with van der Waals surface area (Å²) < 4.78 is 25.9. The van der Waals surface area contributed by atoms with Crippen molar-refractivity contribution in [1.29, 1.82) is 0 Å². The molecule has 1 fully saturated rings. The highest BCUT2D eigenvalue weighted by Gasteiger charge is 2.28. The number of nitrogens with zero attached hydrogens (tertiary/aromatic N) is 2. The van der Waals surface area contributed by atoms with E-state index in [1.807, 2.05) is 13.8 Å². The molecule has 1 aliphatic heterocycles. The zero-order valence-electron chi connectivity index (χ0n) is 18.2. The predicted octanol–water partition coefficient (Wildman–Crippen LogP) is 4.65. The van der Waals surface area contributed by atoms with E-state index >= 15 is 0 Å². The Bertz CT molecular complexity index is 1180. The van der Waals surface area contributed by atoms with Crippen molar-refractivity contribution in [2.75, 3.05) is 13.7 Å². The summed E-state index contributed by atoms with van der Waals surface area (Å²) in [6.07, 6.45) is 2.50. The molecule has 6 nitrogen and oxygen atoms in total. The van der Waals surface area contributed by atoms with Crippen molar-refractivity contribution < 1.29 is 18.7 Å². The number of rotatable bonds is 7. The van der Waals surface area contributed by atoms with Crippen LogP contribution in [0.25, 0.3) is 10.2 Å². The van der Waals surface area contributed by atoms with Crippen LogP contribution in [-0.4, -0.2) is 35.3 Å². The predicted molar refractivity (Wildman–Crippen MR) is 124 cm³/mol. The molecule has 0 radical (unpaired) electrons. The Labute approximate surface area is 193 Å². The molecule has 0 aliphatic carbocycles. The fourth-order valence-electron chi connectivity index (χ4n) is 4.00. The van der Waals surface area contributed by atoms with Crippen LogP contribution in [0.15, 0.2) is 34.2 Å². The lowest BCUT2D eigenvalue weighted by Crippen LogP contribution is -2.29. The van der Waals surface area contributed by atoms with Gasteiger partial charge in [0.05, 0.1) is 25.1 Å². The molecule has 1 saturated heterocycles. The Balaban J connectivity index is 1.84. The second-order valence-corrected chi connectivity index (χ2v) is 9.96. The molecule has 9 heteroatoms. The van der Waals surface area contributed by atoms with Crippen molar-refractivity contribution in [3.63, 3.8) is 0 Å². The first-order chi connectivity index (χ1) is 15.4. The molecule has 0 N–H and O–H groups in total. The van der Waals surface area contributed by atoms with Gasteiger partial charge in [0.25, 0.3) is 5.56 Å². The second-order valence-electron chi connectivity index (χ2n) is 7.69. The van der Waals surface area contributed by atoms with E-state index in [9.17, 15) is 14.0 Å². The van der Waals surface area contributed by atoms with Gasteiger partial charge in [0, 0.05) is 11.5 Å². The number of thiophene rings is 1. The van der Waals surface area contributed by atoms with E-state index in [4.69, 9.17) is 14.5 Å². The quantitative estimate of drug-likeness (QED) is 0.281. The van der Waals surface area contributed by atoms with Crippen LogP contribution in [0.5, 0.6) is 0 Å². The number of hydrogen-bond acceptors (Lipinski definition) is 7. The maximum atomic E-state index is 13.6. The van der Waals surface area contributed by atoms with Gasteiger partial charge in [-0.15, -0.1) is 11.3 Å². The molecule has 2 atom stereocenters. The van der Waals surface area contributed by atoms with Crippen molar-refractivity contribution >= 4 is 39.3 Å². The molecule has 32 heavy (non-hydrogen) atoms. The Kier molecular flexibility index (Phi) is 6.97. The van der Waals surface area contributed by atoms with Gasteiger partial charge < -0.3 is 9.47 Å². The largest absolute Gasteiger partial charge is 0.468 e. The van der Waals surface area contributed by atoms with Gasteiger partial charge in [-0.1, -0.05) is 30.8 Å². The topological polar surface area (TPSA) is 70.4 Å². The van der Waals surface area contributed by atoms with Gasteiger partial charge in [-0.3, -0.25) is 14.2 Å². The summed E-state index contributed by atoms with van der Waals surface area (Å²) in [5, 5.41) is 0.294. The molecule has 1 aliphatic rings. The summed E-state index contributed by atoms with van der Waals surface area (Å²) >= 11 is 2.64. The molecule has 0 bridgehead atoms. The summed E-state index contributed by atoms with van der Waals surface area (Å²) in [5.74, 6) is -0.880. The second kappa shape index (κ2) is 9.72. The van der Waals surface area contributed by atoms with Crippen LogP contribution in [0.4, 0.5) is 4.39 Å². The molecule has 0 spiro atoms. The van der Waals surface area contributed by atoms with E-state index in [2.05, 4.69) is 0 Å². The number of fused-ring (bicyclic) bond motifs is 1. The van der Waals surface area contributed by atoms with Gasteiger partial charge in [0.2, 0.25) is 0 Å². The highest BCUT2D eigenvalue weighted by Crippen LogP contribution is 2.37. The van der Waals surface area contributed by atoms with Crippen molar-refractivity contribution in [2.24, 2.45) is 0 Å². The number of aromatic nitrogens is 2. The summed E-state index contributed by atoms with van der Waals surface area (Å²) in [4.78, 5) is 32.8. The van der Waals surface area contributed by atoms with E-state index in [0.717, 1.165) is 41.5 Å². The minimum absolute atomic E-state index is 0.0708. The number of halogens is 1. The summed E-state index contributed by atoms with van der Waals surface area (Å²) in [6.45, 7) is 5.08. The van der Waals surface area contributed by atoms with Gasteiger partial charge in [0.15, 0.2) is 5.16 Å².